The van der Waals surface area contributed by atoms with Crippen LogP contribution < -0.4 is 5.32 Å². The number of nitrogens with one attached hydrogen (secondary N) is 1. The average molecular weight is 351 g/mol. The lowest BCUT2D eigenvalue weighted by atomic mass is 10.2. The summed E-state index contributed by atoms with van der Waals surface area (Å²) < 4.78 is 31.5. The Morgan fingerprint density at radius 3 is 2.67 bits per heavy atom. The third-order valence-electron chi connectivity index (χ3n) is 2.99. The van der Waals surface area contributed by atoms with Gasteiger partial charge in [-0.05, 0) is 44.2 Å². The summed E-state index contributed by atoms with van der Waals surface area (Å²) in [6.07, 6.45) is 1.63. The van der Waals surface area contributed by atoms with E-state index in [0.717, 1.165) is 28.0 Å². The topological polar surface area (TPSA) is 55.4 Å². The first kappa shape index (κ1) is 17.8. The van der Waals surface area contributed by atoms with Crippen molar-refractivity contribution in [3.63, 3.8) is 0 Å². The Balaban J connectivity index is 1.92. The summed E-state index contributed by atoms with van der Waals surface area (Å²) >= 11 is 1.51. The van der Waals surface area contributed by atoms with E-state index >= 15 is 0 Å². The van der Waals surface area contributed by atoms with Crippen molar-refractivity contribution in [2.45, 2.75) is 20.0 Å². The van der Waals surface area contributed by atoms with Gasteiger partial charge in [0.2, 0.25) is 0 Å². The zero-order chi connectivity index (χ0) is 17.7. The molecule has 24 heavy (non-hydrogen) atoms. The van der Waals surface area contributed by atoms with Gasteiger partial charge in [-0.1, -0.05) is 0 Å². The van der Waals surface area contributed by atoms with E-state index in [2.05, 4.69) is 5.32 Å². The molecule has 0 fully saturated rings. The number of aryl methyl sites for hydroxylation is 1. The van der Waals surface area contributed by atoms with Crippen LogP contribution in [0.1, 0.15) is 16.7 Å². The number of amides is 1. The van der Waals surface area contributed by atoms with Crippen LogP contribution in [-0.2, 0) is 14.3 Å². The second-order valence-electron chi connectivity index (χ2n) is 4.97. The van der Waals surface area contributed by atoms with Gasteiger partial charge in [0.25, 0.3) is 5.91 Å². The number of halogens is 2. The van der Waals surface area contributed by atoms with Crippen molar-refractivity contribution in [3.05, 3.63) is 57.8 Å². The third kappa shape index (κ3) is 4.99. The van der Waals surface area contributed by atoms with Crippen molar-refractivity contribution >= 4 is 35.0 Å². The summed E-state index contributed by atoms with van der Waals surface area (Å²) in [5.41, 5.74) is -0.312. The molecular weight excluding hydrogens is 336 g/mol. The van der Waals surface area contributed by atoms with Gasteiger partial charge in [0.05, 0.1) is 5.69 Å². The van der Waals surface area contributed by atoms with Crippen molar-refractivity contribution in [1.82, 2.24) is 0 Å². The molecule has 1 N–H and O–H groups in total. The number of benzene rings is 1. The standard InChI is InChI=1S/C17H15F2NO3S/c1-10-3-5-13(24-10)6-8-16(21)23-11(2)17(22)20-15-9-12(18)4-7-14(15)19/h3-9,11H,1-2H3,(H,20,22)/b8-6+/t11-/m1/s1. The van der Waals surface area contributed by atoms with Crippen LogP contribution in [0.4, 0.5) is 14.5 Å². The zero-order valence-corrected chi connectivity index (χ0v) is 13.8. The normalized spacial score (nSPS) is 12.2. The second kappa shape index (κ2) is 7.83. The van der Waals surface area contributed by atoms with Crippen LogP contribution in [0.15, 0.2) is 36.4 Å². The van der Waals surface area contributed by atoms with Gasteiger partial charge in [-0.2, -0.15) is 0 Å². The Hall–Kier alpha value is -2.54. The summed E-state index contributed by atoms with van der Waals surface area (Å²) in [6, 6.07) is 6.45. The Morgan fingerprint density at radius 2 is 2.00 bits per heavy atom. The number of hydrogen-bond acceptors (Lipinski definition) is 4. The van der Waals surface area contributed by atoms with Gasteiger partial charge in [-0.25, -0.2) is 13.6 Å². The molecular formula is C17H15F2NO3S. The maximum atomic E-state index is 13.5. The summed E-state index contributed by atoms with van der Waals surface area (Å²) in [7, 11) is 0. The summed E-state index contributed by atoms with van der Waals surface area (Å²) in [5.74, 6) is -2.93. The second-order valence-corrected chi connectivity index (χ2v) is 6.29. The van der Waals surface area contributed by atoms with Crippen LogP contribution in [0.2, 0.25) is 0 Å². The largest absolute Gasteiger partial charge is 0.449 e. The first-order valence-electron chi connectivity index (χ1n) is 7.06. The molecule has 0 saturated heterocycles. The van der Waals surface area contributed by atoms with Crippen molar-refractivity contribution < 1.29 is 23.1 Å². The fraction of sp³-hybridized carbons (Fsp3) is 0.176. The molecule has 0 bridgehead atoms. The van der Waals surface area contributed by atoms with Crippen molar-refractivity contribution in [1.29, 1.82) is 0 Å². The number of rotatable bonds is 5. The minimum atomic E-state index is -1.16. The molecule has 1 aromatic carbocycles. The van der Waals surface area contributed by atoms with Crippen molar-refractivity contribution in [2.75, 3.05) is 5.32 Å². The molecule has 1 heterocycles. The lowest BCUT2D eigenvalue weighted by Crippen LogP contribution is -2.29. The average Bonchev–Trinajstić information content (AvgIpc) is 2.94. The molecule has 0 saturated carbocycles. The molecule has 0 aliphatic carbocycles. The molecule has 2 aromatic rings. The molecule has 1 amide bonds. The number of thiophene rings is 1. The number of esters is 1. The predicted molar refractivity (Wildman–Crippen MR) is 88.6 cm³/mol. The van der Waals surface area contributed by atoms with E-state index in [-0.39, 0.29) is 5.69 Å². The lowest BCUT2D eigenvalue weighted by molar-refractivity contribution is -0.148. The van der Waals surface area contributed by atoms with Crippen LogP contribution in [-0.4, -0.2) is 18.0 Å². The van der Waals surface area contributed by atoms with Gasteiger partial charge in [-0.3, -0.25) is 4.79 Å². The van der Waals surface area contributed by atoms with Crippen molar-refractivity contribution in [2.24, 2.45) is 0 Å². The molecule has 0 aliphatic heterocycles. The lowest BCUT2D eigenvalue weighted by Gasteiger charge is -2.12. The molecule has 2 rings (SSSR count). The number of carbonyl (C=O) groups is 2. The first-order valence-corrected chi connectivity index (χ1v) is 7.88. The summed E-state index contributed by atoms with van der Waals surface area (Å²) in [4.78, 5) is 25.6. The first-order chi connectivity index (χ1) is 11.3. The van der Waals surface area contributed by atoms with Crippen LogP contribution in [0.25, 0.3) is 6.08 Å². The Morgan fingerprint density at radius 1 is 1.25 bits per heavy atom. The fourth-order valence-electron chi connectivity index (χ4n) is 1.79. The zero-order valence-electron chi connectivity index (χ0n) is 13.0. The Labute approximate surface area is 141 Å². The van der Waals surface area contributed by atoms with E-state index in [9.17, 15) is 18.4 Å². The summed E-state index contributed by atoms with van der Waals surface area (Å²) in [6.45, 7) is 3.28. The number of ether oxygens (including phenoxy) is 1. The van der Waals surface area contributed by atoms with E-state index in [1.165, 1.54) is 24.3 Å². The number of carbonyl (C=O) groups excluding carboxylic acids is 2. The van der Waals surface area contributed by atoms with Gasteiger partial charge in [0, 0.05) is 21.9 Å². The maximum Gasteiger partial charge on any atom is 0.331 e. The van der Waals surface area contributed by atoms with Crippen LogP contribution in [0, 0.1) is 18.6 Å². The fourth-order valence-corrected chi connectivity index (χ4v) is 2.57. The molecule has 4 nitrogen and oxygen atoms in total. The minimum Gasteiger partial charge on any atom is -0.449 e. The quantitative estimate of drug-likeness (QED) is 0.656. The highest BCUT2D eigenvalue weighted by atomic mass is 32.1. The molecule has 1 aromatic heterocycles. The van der Waals surface area contributed by atoms with E-state index in [4.69, 9.17) is 4.74 Å². The third-order valence-corrected chi connectivity index (χ3v) is 3.96. The maximum absolute atomic E-state index is 13.5. The number of anilines is 1. The van der Waals surface area contributed by atoms with Crippen LogP contribution in [0.5, 0.6) is 0 Å². The highest BCUT2D eigenvalue weighted by molar-refractivity contribution is 7.12. The van der Waals surface area contributed by atoms with E-state index < -0.39 is 29.6 Å². The molecule has 7 heteroatoms. The SMILES string of the molecule is Cc1ccc(/C=C/C(=O)O[C@H](C)C(=O)Nc2cc(F)ccc2F)s1. The molecule has 0 radical (unpaired) electrons. The van der Waals surface area contributed by atoms with Gasteiger partial charge in [0.15, 0.2) is 6.10 Å². The van der Waals surface area contributed by atoms with Gasteiger partial charge >= 0.3 is 5.97 Å². The molecule has 0 aliphatic rings. The molecule has 0 unspecified atom stereocenters. The van der Waals surface area contributed by atoms with Crippen LogP contribution in [0.3, 0.4) is 0 Å². The van der Waals surface area contributed by atoms with E-state index in [0.29, 0.717) is 0 Å². The van der Waals surface area contributed by atoms with E-state index in [1.807, 2.05) is 19.1 Å². The summed E-state index contributed by atoms with van der Waals surface area (Å²) in [5, 5.41) is 2.18. The smallest absolute Gasteiger partial charge is 0.331 e. The highest BCUT2D eigenvalue weighted by Crippen LogP contribution is 2.17. The van der Waals surface area contributed by atoms with Crippen LogP contribution >= 0.6 is 11.3 Å². The minimum absolute atomic E-state index is 0.312. The molecule has 0 spiro atoms. The predicted octanol–water partition coefficient (Wildman–Crippen LogP) is 3.92. The van der Waals surface area contributed by atoms with Gasteiger partial charge in [-0.15, -0.1) is 11.3 Å². The van der Waals surface area contributed by atoms with Crippen molar-refractivity contribution in [3.8, 4) is 0 Å². The van der Waals surface area contributed by atoms with E-state index in [1.54, 1.807) is 6.08 Å². The van der Waals surface area contributed by atoms with Gasteiger partial charge < -0.3 is 10.1 Å². The highest BCUT2D eigenvalue weighted by Gasteiger charge is 2.18. The van der Waals surface area contributed by atoms with Gasteiger partial charge in [0.1, 0.15) is 11.6 Å². The Bertz CT molecular complexity index is 786. The Kier molecular flexibility index (Phi) is 5.81. The molecule has 1 atom stereocenters. The number of hydrogen-bond donors (Lipinski definition) is 1. The molecule has 126 valence electrons. The monoisotopic (exact) mass is 351 g/mol.